The topological polar surface area (TPSA) is 62.7 Å². The number of hydrogen-bond acceptors (Lipinski definition) is 5. The zero-order valence-corrected chi connectivity index (χ0v) is 15.0. The van der Waals surface area contributed by atoms with Gasteiger partial charge in [0.2, 0.25) is 5.91 Å². The number of nitrogens with zero attached hydrogens (tertiary/aromatic N) is 2. The zero-order chi connectivity index (χ0) is 17.6. The smallest absolute Gasteiger partial charge is 0.246 e. The number of carbonyl (C=O) groups is 1. The quantitative estimate of drug-likeness (QED) is 0.835. The number of carbonyl (C=O) groups excluding carboxylic acids is 1. The van der Waals surface area contributed by atoms with Gasteiger partial charge >= 0.3 is 0 Å². The molecule has 1 aliphatic heterocycles. The molecule has 0 unspecified atom stereocenters. The molecule has 1 saturated heterocycles. The molecular formula is C19H22N2O3S. The normalized spacial score (nSPS) is 15.7. The standard InChI is InChI=1S/C19H22N2O3S/c1-14-20-16(13-25-14)12-24-18-5-3-2-4-15(18)6-7-19(23)21-10-8-17(22)9-11-21/h2-7,13,17,22H,8-12H2,1H3/b7-6+. The number of aromatic nitrogens is 1. The summed E-state index contributed by atoms with van der Waals surface area (Å²) in [6.07, 6.45) is 4.37. The van der Waals surface area contributed by atoms with Gasteiger partial charge < -0.3 is 14.7 Å². The molecule has 0 radical (unpaired) electrons. The van der Waals surface area contributed by atoms with Crippen LogP contribution in [0.3, 0.4) is 0 Å². The molecule has 3 rings (SSSR count). The average Bonchev–Trinajstić information content (AvgIpc) is 3.04. The fourth-order valence-corrected chi connectivity index (χ4v) is 3.33. The van der Waals surface area contributed by atoms with Crippen LogP contribution in [-0.4, -0.2) is 40.1 Å². The van der Waals surface area contributed by atoms with Gasteiger partial charge in [0.25, 0.3) is 0 Å². The SMILES string of the molecule is Cc1nc(COc2ccccc2/C=C/C(=O)N2CCC(O)CC2)cs1. The van der Waals surface area contributed by atoms with E-state index in [0.717, 1.165) is 22.0 Å². The number of benzene rings is 1. The van der Waals surface area contributed by atoms with E-state index in [0.29, 0.717) is 32.5 Å². The first-order valence-corrected chi connectivity index (χ1v) is 9.27. The van der Waals surface area contributed by atoms with Crippen LogP contribution in [-0.2, 0) is 11.4 Å². The van der Waals surface area contributed by atoms with Crippen LogP contribution in [0.15, 0.2) is 35.7 Å². The summed E-state index contributed by atoms with van der Waals surface area (Å²) < 4.78 is 5.86. The van der Waals surface area contributed by atoms with E-state index in [-0.39, 0.29) is 12.0 Å². The third-order valence-corrected chi connectivity index (χ3v) is 4.97. The largest absolute Gasteiger partial charge is 0.487 e. The van der Waals surface area contributed by atoms with Gasteiger partial charge in [-0.05, 0) is 31.9 Å². The number of piperidine rings is 1. The number of aliphatic hydroxyl groups excluding tert-OH is 1. The van der Waals surface area contributed by atoms with E-state index in [1.54, 1.807) is 28.4 Å². The van der Waals surface area contributed by atoms with Crippen LogP contribution in [0.1, 0.15) is 29.1 Å². The lowest BCUT2D eigenvalue weighted by Gasteiger charge is -2.28. The first-order chi connectivity index (χ1) is 12.1. The summed E-state index contributed by atoms with van der Waals surface area (Å²) in [5.41, 5.74) is 1.77. The van der Waals surface area contributed by atoms with Crippen LogP contribution in [0.25, 0.3) is 6.08 Å². The lowest BCUT2D eigenvalue weighted by Crippen LogP contribution is -2.39. The van der Waals surface area contributed by atoms with Gasteiger partial charge in [0.1, 0.15) is 12.4 Å². The molecule has 1 N–H and O–H groups in total. The molecule has 25 heavy (non-hydrogen) atoms. The van der Waals surface area contributed by atoms with Crippen LogP contribution in [0.2, 0.25) is 0 Å². The number of amides is 1. The summed E-state index contributed by atoms with van der Waals surface area (Å²) in [6, 6.07) is 7.64. The first kappa shape index (κ1) is 17.6. The minimum atomic E-state index is -0.281. The zero-order valence-electron chi connectivity index (χ0n) is 14.2. The molecule has 2 aromatic rings. The molecule has 0 atom stereocenters. The van der Waals surface area contributed by atoms with Crippen LogP contribution in [0, 0.1) is 6.92 Å². The Kier molecular flexibility index (Phi) is 5.83. The van der Waals surface area contributed by atoms with Crippen molar-refractivity contribution in [3.63, 3.8) is 0 Å². The summed E-state index contributed by atoms with van der Waals surface area (Å²) in [5.74, 6) is 0.697. The molecule has 2 heterocycles. The number of thiazole rings is 1. The van der Waals surface area contributed by atoms with Crippen molar-refractivity contribution in [1.82, 2.24) is 9.88 Å². The van der Waals surface area contributed by atoms with Gasteiger partial charge in [0.15, 0.2) is 0 Å². The molecule has 0 saturated carbocycles. The second-order valence-corrected chi connectivity index (χ2v) is 7.14. The van der Waals surface area contributed by atoms with Crippen molar-refractivity contribution in [2.45, 2.75) is 32.5 Å². The maximum Gasteiger partial charge on any atom is 0.246 e. The van der Waals surface area contributed by atoms with Gasteiger partial charge in [-0.2, -0.15) is 0 Å². The van der Waals surface area contributed by atoms with Gasteiger partial charge in [-0.15, -0.1) is 11.3 Å². The van der Waals surface area contributed by atoms with Crippen molar-refractivity contribution in [3.8, 4) is 5.75 Å². The van der Waals surface area contributed by atoms with Crippen LogP contribution in [0.4, 0.5) is 0 Å². The van der Waals surface area contributed by atoms with E-state index in [2.05, 4.69) is 4.98 Å². The summed E-state index contributed by atoms with van der Waals surface area (Å²) in [6.45, 7) is 3.58. The third-order valence-electron chi connectivity index (χ3n) is 4.14. The number of rotatable bonds is 5. The van der Waals surface area contributed by atoms with Gasteiger partial charge in [0, 0.05) is 30.1 Å². The number of hydrogen-bond donors (Lipinski definition) is 1. The molecule has 5 nitrogen and oxygen atoms in total. The van der Waals surface area contributed by atoms with E-state index in [9.17, 15) is 9.90 Å². The molecule has 1 aliphatic rings. The van der Waals surface area contributed by atoms with E-state index < -0.39 is 0 Å². The minimum absolute atomic E-state index is 0.0307. The van der Waals surface area contributed by atoms with Gasteiger partial charge in [-0.3, -0.25) is 4.79 Å². The number of aliphatic hydroxyl groups is 1. The van der Waals surface area contributed by atoms with Crippen molar-refractivity contribution in [2.24, 2.45) is 0 Å². The molecule has 1 amide bonds. The molecule has 1 aromatic heterocycles. The van der Waals surface area contributed by atoms with Crippen LogP contribution in [0.5, 0.6) is 5.75 Å². The highest BCUT2D eigenvalue weighted by atomic mass is 32.1. The number of likely N-dealkylation sites (tertiary alicyclic amines) is 1. The Morgan fingerprint density at radius 2 is 2.16 bits per heavy atom. The van der Waals surface area contributed by atoms with E-state index >= 15 is 0 Å². The molecule has 1 aromatic carbocycles. The molecule has 6 heteroatoms. The Hall–Kier alpha value is -2.18. The predicted molar refractivity (Wildman–Crippen MR) is 98.5 cm³/mol. The van der Waals surface area contributed by atoms with Crippen molar-refractivity contribution < 1.29 is 14.6 Å². The van der Waals surface area contributed by atoms with E-state index in [1.165, 1.54) is 0 Å². The number of para-hydroxylation sites is 1. The maximum atomic E-state index is 12.3. The number of ether oxygens (including phenoxy) is 1. The highest BCUT2D eigenvalue weighted by Gasteiger charge is 2.19. The molecular weight excluding hydrogens is 336 g/mol. The first-order valence-electron chi connectivity index (χ1n) is 8.39. The monoisotopic (exact) mass is 358 g/mol. The van der Waals surface area contributed by atoms with Crippen molar-refractivity contribution in [1.29, 1.82) is 0 Å². The van der Waals surface area contributed by atoms with E-state index in [4.69, 9.17) is 4.74 Å². The van der Waals surface area contributed by atoms with Gasteiger partial charge in [-0.25, -0.2) is 4.98 Å². The molecule has 1 fully saturated rings. The van der Waals surface area contributed by atoms with Crippen molar-refractivity contribution >= 4 is 23.3 Å². The third kappa shape index (κ3) is 4.90. The lowest BCUT2D eigenvalue weighted by atomic mass is 10.1. The Morgan fingerprint density at radius 1 is 1.40 bits per heavy atom. The molecule has 0 bridgehead atoms. The fourth-order valence-electron chi connectivity index (χ4n) is 2.73. The van der Waals surface area contributed by atoms with Crippen molar-refractivity contribution in [3.05, 3.63) is 52.0 Å². The highest BCUT2D eigenvalue weighted by molar-refractivity contribution is 7.09. The minimum Gasteiger partial charge on any atom is -0.487 e. The number of aryl methyl sites for hydroxylation is 1. The maximum absolute atomic E-state index is 12.3. The summed E-state index contributed by atoms with van der Waals surface area (Å²) in [7, 11) is 0. The average molecular weight is 358 g/mol. The Bertz CT molecular complexity index is 749. The van der Waals surface area contributed by atoms with E-state index in [1.807, 2.05) is 36.6 Å². The Labute approximate surface area is 151 Å². The van der Waals surface area contributed by atoms with Crippen LogP contribution < -0.4 is 4.74 Å². The predicted octanol–water partition coefficient (Wildman–Crippen LogP) is 3.03. The highest BCUT2D eigenvalue weighted by Crippen LogP contribution is 2.21. The lowest BCUT2D eigenvalue weighted by molar-refractivity contribution is -0.127. The second-order valence-electron chi connectivity index (χ2n) is 6.07. The Morgan fingerprint density at radius 3 is 2.88 bits per heavy atom. The molecule has 0 spiro atoms. The Balaban J connectivity index is 1.62. The summed E-state index contributed by atoms with van der Waals surface area (Å²) in [4.78, 5) is 18.4. The van der Waals surface area contributed by atoms with Crippen molar-refractivity contribution in [2.75, 3.05) is 13.1 Å². The fraction of sp³-hybridized carbons (Fsp3) is 0.368. The van der Waals surface area contributed by atoms with Gasteiger partial charge in [0.05, 0.1) is 16.8 Å². The van der Waals surface area contributed by atoms with Gasteiger partial charge in [-0.1, -0.05) is 18.2 Å². The summed E-state index contributed by atoms with van der Waals surface area (Å²) >= 11 is 1.60. The molecule has 132 valence electrons. The second kappa shape index (κ2) is 8.27. The molecule has 0 aliphatic carbocycles. The summed E-state index contributed by atoms with van der Waals surface area (Å²) in [5, 5.41) is 12.5. The van der Waals surface area contributed by atoms with Crippen LogP contribution >= 0.6 is 11.3 Å².